The Labute approximate surface area is 117 Å². The second-order valence-electron chi connectivity index (χ2n) is 4.66. The van der Waals surface area contributed by atoms with Gasteiger partial charge >= 0.3 is 5.97 Å². The lowest BCUT2D eigenvalue weighted by atomic mass is 10.0. The van der Waals surface area contributed by atoms with Crippen molar-refractivity contribution < 1.29 is 9.53 Å². The molecular weight excluding hydrogens is 250 g/mol. The van der Waals surface area contributed by atoms with Crippen molar-refractivity contribution in [3.63, 3.8) is 0 Å². The molecule has 0 bridgehead atoms. The number of esters is 1. The number of rotatable bonds is 4. The fourth-order valence-electron chi connectivity index (χ4n) is 2.29. The van der Waals surface area contributed by atoms with Crippen LogP contribution in [-0.2, 0) is 9.53 Å². The Hall–Kier alpha value is -2.55. The molecule has 0 saturated heterocycles. The summed E-state index contributed by atoms with van der Waals surface area (Å²) in [6.07, 6.45) is 2.99. The van der Waals surface area contributed by atoms with Crippen LogP contribution in [0.15, 0.2) is 72.8 Å². The van der Waals surface area contributed by atoms with Crippen molar-refractivity contribution in [3.05, 3.63) is 78.4 Å². The van der Waals surface area contributed by atoms with Crippen LogP contribution >= 0.6 is 0 Å². The van der Waals surface area contributed by atoms with E-state index in [9.17, 15) is 4.79 Å². The molecule has 3 nitrogen and oxygen atoms in total. The van der Waals surface area contributed by atoms with Gasteiger partial charge in [-0.3, -0.25) is 0 Å². The van der Waals surface area contributed by atoms with Crippen molar-refractivity contribution in [2.75, 3.05) is 5.32 Å². The van der Waals surface area contributed by atoms with Crippen molar-refractivity contribution in [3.8, 4) is 0 Å². The Bertz CT molecular complexity index is 607. The van der Waals surface area contributed by atoms with Gasteiger partial charge in [-0.25, -0.2) is 4.79 Å². The largest absolute Gasteiger partial charge is 0.452 e. The SMILES string of the molecule is O=C1C=CC(C(Nc2ccccc2)c2ccccc2)O1. The lowest BCUT2D eigenvalue weighted by Crippen LogP contribution is -2.25. The molecule has 0 fully saturated rings. The summed E-state index contributed by atoms with van der Waals surface area (Å²) in [4.78, 5) is 11.3. The zero-order chi connectivity index (χ0) is 13.8. The molecule has 1 aliphatic rings. The minimum Gasteiger partial charge on any atom is -0.452 e. The Morgan fingerprint density at radius 1 is 0.950 bits per heavy atom. The fourth-order valence-corrected chi connectivity index (χ4v) is 2.29. The van der Waals surface area contributed by atoms with E-state index < -0.39 is 0 Å². The summed E-state index contributed by atoms with van der Waals surface area (Å²) in [6.45, 7) is 0. The molecule has 2 unspecified atom stereocenters. The number of hydrogen-bond donors (Lipinski definition) is 1. The molecule has 2 aromatic rings. The molecule has 0 radical (unpaired) electrons. The minimum atomic E-state index is -0.287. The van der Waals surface area contributed by atoms with Gasteiger partial charge in [-0.15, -0.1) is 0 Å². The van der Waals surface area contributed by atoms with Crippen LogP contribution < -0.4 is 5.32 Å². The van der Waals surface area contributed by atoms with Gasteiger partial charge < -0.3 is 10.1 Å². The smallest absolute Gasteiger partial charge is 0.331 e. The van der Waals surface area contributed by atoms with Gasteiger partial charge in [0.15, 0.2) is 0 Å². The molecule has 1 heterocycles. The first-order valence-electron chi connectivity index (χ1n) is 6.58. The molecule has 0 aromatic heterocycles. The van der Waals surface area contributed by atoms with E-state index in [0.29, 0.717) is 0 Å². The molecule has 0 spiro atoms. The van der Waals surface area contributed by atoms with Crippen LogP contribution in [0.2, 0.25) is 0 Å². The van der Waals surface area contributed by atoms with Gasteiger partial charge in [-0.1, -0.05) is 48.5 Å². The van der Waals surface area contributed by atoms with E-state index in [2.05, 4.69) is 5.32 Å². The summed E-state index contributed by atoms with van der Waals surface area (Å²) in [5.41, 5.74) is 2.08. The molecule has 100 valence electrons. The van der Waals surface area contributed by atoms with Crippen LogP contribution in [0.5, 0.6) is 0 Å². The number of ether oxygens (including phenoxy) is 1. The van der Waals surface area contributed by atoms with Gasteiger partial charge in [0.05, 0.1) is 6.04 Å². The second-order valence-corrected chi connectivity index (χ2v) is 4.66. The average molecular weight is 265 g/mol. The highest BCUT2D eigenvalue weighted by atomic mass is 16.5. The highest BCUT2D eigenvalue weighted by molar-refractivity contribution is 5.84. The minimum absolute atomic E-state index is 0.0960. The number of carbonyl (C=O) groups is 1. The second kappa shape index (κ2) is 5.61. The molecule has 20 heavy (non-hydrogen) atoms. The summed E-state index contributed by atoms with van der Waals surface area (Å²) >= 11 is 0. The number of hydrogen-bond acceptors (Lipinski definition) is 3. The predicted octanol–water partition coefficient (Wildman–Crippen LogP) is 3.32. The van der Waals surface area contributed by atoms with Gasteiger partial charge in [0.25, 0.3) is 0 Å². The first kappa shape index (κ1) is 12.5. The molecule has 1 N–H and O–H groups in total. The zero-order valence-electron chi connectivity index (χ0n) is 10.9. The van der Waals surface area contributed by atoms with Crippen LogP contribution in [-0.4, -0.2) is 12.1 Å². The quantitative estimate of drug-likeness (QED) is 0.862. The van der Waals surface area contributed by atoms with Crippen LogP contribution in [0.4, 0.5) is 5.69 Å². The average Bonchev–Trinajstić information content (AvgIpc) is 2.93. The first-order valence-corrected chi connectivity index (χ1v) is 6.58. The maximum Gasteiger partial charge on any atom is 0.331 e. The highest BCUT2D eigenvalue weighted by Gasteiger charge is 2.27. The van der Waals surface area contributed by atoms with E-state index in [4.69, 9.17) is 4.74 Å². The molecule has 0 saturated carbocycles. The van der Waals surface area contributed by atoms with E-state index >= 15 is 0 Å². The Morgan fingerprint density at radius 2 is 1.60 bits per heavy atom. The van der Waals surface area contributed by atoms with E-state index in [1.165, 1.54) is 6.08 Å². The Morgan fingerprint density at radius 3 is 2.20 bits per heavy atom. The van der Waals surface area contributed by atoms with Gasteiger partial charge in [-0.05, 0) is 23.8 Å². The monoisotopic (exact) mass is 265 g/mol. The van der Waals surface area contributed by atoms with Gasteiger partial charge in [0, 0.05) is 11.8 Å². The number of anilines is 1. The van der Waals surface area contributed by atoms with Gasteiger partial charge in [-0.2, -0.15) is 0 Å². The molecule has 3 rings (SSSR count). The first-order chi connectivity index (χ1) is 9.83. The number of cyclic esters (lactones) is 1. The topological polar surface area (TPSA) is 38.3 Å². The van der Waals surface area contributed by atoms with Crippen molar-refractivity contribution in [1.82, 2.24) is 0 Å². The maximum atomic E-state index is 11.3. The third-order valence-electron chi connectivity index (χ3n) is 3.26. The van der Waals surface area contributed by atoms with E-state index in [1.807, 2.05) is 60.7 Å². The molecule has 1 aliphatic heterocycles. The zero-order valence-corrected chi connectivity index (χ0v) is 10.9. The number of carbonyl (C=O) groups excluding carboxylic acids is 1. The molecular formula is C17H15NO2. The molecule has 3 heteroatoms. The van der Waals surface area contributed by atoms with Crippen LogP contribution in [0.25, 0.3) is 0 Å². The van der Waals surface area contributed by atoms with Crippen molar-refractivity contribution in [2.45, 2.75) is 12.1 Å². The van der Waals surface area contributed by atoms with Crippen LogP contribution in [0, 0.1) is 0 Å². The van der Waals surface area contributed by atoms with Crippen molar-refractivity contribution in [2.24, 2.45) is 0 Å². The molecule has 2 aromatic carbocycles. The molecule has 0 amide bonds. The lowest BCUT2D eigenvalue weighted by Gasteiger charge is -2.24. The predicted molar refractivity (Wildman–Crippen MR) is 78.3 cm³/mol. The molecule has 0 aliphatic carbocycles. The standard InChI is InChI=1S/C17H15NO2/c19-16-12-11-15(20-16)17(13-7-3-1-4-8-13)18-14-9-5-2-6-10-14/h1-12,15,17-18H. The summed E-state index contributed by atoms with van der Waals surface area (Å²) in [6, 6.07) is 19.8. The summed E-state index contributed by atoms with van der Waals surface area (Å²) in [5, 5.41) is 3.43. The number of para-hydroxylation sites is 1. The Balaban J connectivity index is 1.88. The third kappa shape index (κ3) is 2.72. The normalized spacial score (nSPS) is 18.6. The van der Waals surface area contributed by atoms with Crippen molar-refractivity contribution in [1.29, 1.82) is 0 Å². The highest BCUT2D eigenvalue weighted by Crippen LogP contribution is 2.27. The summed E-state index contributed by atoms with van der Waals surface area (Å²) < 4.78 is 5.34. The van der Waals surface area contributed by atoms with Crippen LogP contribution in [0.1, 0.15) is 11.6 Å². The summed E-state index contributed by atoms with van der Waals surface area (Å²) in [5.74, 6) is -0.286. The summed E-state index contributed by atoms with van der Waals surface area (Å²) in [7, 11) is 0. The maximum absolute atomic E-state index is 11.3. The lowest BCUT2D eigenvalue weighted by molar-refractivity contribution is -0.139. The van der Waals surface area contributed by atoms with E-state index in [-0.39, 0.29) is 18.1 Å². The van der Waals surface area contributed by atoms with Gasteiger partial charge in [0.1, 0.15) is 6.10 Å². The van der Waals surface area contributed by atoms with Gasteiger partial charge in [0.2, 0.25) is 0 Å². The van der Waals surface area contributed by atoms with E-state index in [0.717, 1.165) is 11.3 Å². The van der Waals surface area contributed by atoms with Crippen LogP contribution in [0.3, 0.4) is 0 Å². The van der Waals surface area contributed by atoms with Crippen molar-refractivity contribution >= 4 is 11.7 Å². The number of benzene rings is 2. The Kier molecular flexibility index (Phi) is 3.50. The number of nitrogens with one attached hydrogen (secondary N) is 1. The van der Waals surface area contributed by atoms with E-state index in [1.54, 1.807) is 6.08 Å². The third-order valence-corrected chi connectivity index (χ3v) is 3.26. The fraction of sp³-hybridized carbons (Fsp3) is 0.118. The molecule has 2 atom stereocenters.